The summed E-state index contributed by atoms with van der Waals surface area (Å²) in [7, 11) is 0.364. The van der Waals surface area contributed by atoms with E-state index >= 15 is 0 Å². The summed E-state index contributed by atoms with van der Waals surface area (Å²) in [5.41, 5.74) is 3.60. The first-order chi connectivity index (χ1) is 20.0. The number of hydrogen-bond donors (Lipinski definition) is 1. The zero-order valence-corrected chi connectivity index (χ0v) is 26.1. The number of aryl methyl sites for hydroxylation is 2. The van der Waals surface area contributed by atoms with Gasteiger partial charge in [0.1, 0.15) is 18.3 Å². The molecule has 0 saturated heterocycles. The number of carbonyl (C=O) groups is 2. The molecule has 2 amide bonds. The smallest absolute Gasteiger partial charge is 0.304 e. The molecule has 0 aromatic heterocycles. The van der Waals surface area contributed by atoms with Crippen molar-refractivity contribution in [3.05, 3.63) is 95.1 Å². The zero-order valence-electron chi connectivity index (χ0n) is 25.3. The molecule has 0 fully saturated rings. The zero-order chi connectivity index (χ0) is 30.9. The molecule has 1 N–H and O–H groups in total. The lowest BCUT2D eigenvalue weighted by Gasteiger charge is -2.35. The fourth-order valence-electron chi connectivity index (χ4n) is 4.58. The molecule has 0 aliphatic carbocycles. The molecule has 3 aromatic rings. The van der Waals surface area contributed by atoms with Crippen LogP contribution < -0.4 is 14.4 Å². The molecule has 226 valence electrons. The van der Waals surface area contributed by atoms with Crippen LogP contribution in [0.15, 0.2) is 72.8 Å². The van der Waals surface area contributed by atoms with E-state index in [1.165, 1.54) is 19.0 Å². The maximum Gasteiger partial charge on any atom is 0.304 e. The summed E-state index contributed by atoms with van der Waals surface area (Å²) < 4.78 is 34.8. The number of nitrogens with zero attached hydrogens (tertiary/aromatic N) is 3. The Balaban J connectivity index is 2.13. The Hall–Kier alpha value is -3.89. The molecule has 0 heterocycles. The van der Waals surface area contributed by atoms with E-state index in [0.29, 0.717) is 23.5 Å². The number of carbonyl (C=O) groups excluding carboxylic acids is 2. The summed E-state index contributed by atoms with van der Waals surface area (Å²) in [5.74, 6) is -0.190. The third-order valence-electron chi connectivity index (χ3n) is 6.96. The first kappa shape index (κ1) is 32.6. The second-order valence-corrected chi connectivity index (χ2v) is 12.5. The molecule has 9 nitrogen and oxygen atoms in total. The van der Waals surface area contributed by atoms with Crippen molar-refractivity contribution in [3.8, 4) is 5.75 Å². The lowest BCUT2D eigenvalue weighted by atomic mass is 10.0. The van der Waals surface area contributed by atoms with E-state index in [0.717, 1.165) is 31.7 Å². The Morgan fingerprint density at radius 1 is 0.929 bits per heavy atom. The van der Waals surface area contributed by atoms with Crippen LogP contribution >= 0.6 is 0 Å². The number of methoxy groups -OCH3 is 1. The van der Waals surface area contributed by atoms with Gasteiger partial charge in [-0.05, 0) is 60.7 Å². The van der Waals surface area contributed by atoms with Crippen molar-refractivity contribution >= 4 is 27.7 Å². The fraction of sp³-hybridized carbons (Fsp3) is 0.375. The van der Waals surface area contributed by atoms with Crippen LogP contribution in [0, 0.1) is 13.8 Å². The SMILES string of the molecule is CCCNC(=O)[C@@H](Cc1ccccc1)N(Cc1cccc(OC)c1)C(=O)CN(c1cc(C)ccc1C)S(=O)(=O)N(C)C. The molecular weight excluding hydrogens is 552 g/mol. The van der Waals surface area contributed by atoms with Crippen molar-refractivity contribution in [1.82, 2.24) is 14.5 Å². The van der Waals surface area contributed by atoms with Crippen LogP contribution in [-0.2, 0) is 32.8 Å². The number of benzene rings is 3. The summed E-state index contributed by atoms with van der Waals surface area (Å²) in [6.07, 6.45) is 0.991. The monoisotopic (exact) mass is 594 g/mol. The van der Waals surface area contributed by atoms with Gasteiger partial charge < -0.3 is 15.0 Å². The number of hydrogen-bond acceptors (Lipinski definition) is 5. The van der Waals surface area contributed by atoms with Gasteiger partial charge in [-0.2, -0.15) is 12.7 Å². The van der Waals surface area contributed by atoms with Crippen LogP contribution in [-0.4, -0.2) is 69.8 Å². The second-order valence-electron chi connectivity index (χ2n) is 10.5. The van der Waals surface area contributed by atoms with Gasteiger partial charge in [-0.15, -0.1) is 0 Å². The normalized spacial score (nSPS) is 12.1. The molecule has 1 atom stereocenters. The molecule has 0 aliphatic heterocycles. The van der Waals surface area contributed by atoms with E-state index in [2.05, 4.69) is 5.32 Å². The van der Waals surface area contributed by atoms with Gasteiger partial charge >= 0.3 is 10.2 Å². The van der Waals surface area contributed by atoms with Gasteiger partial charge in [0.15, 0.2) is 0 Å². The lowest BCUT2D eigenvalue weighted by molar-refractivity contribution is -0.140. The van der Waals surface area contributed by atoms with Crippen LogP contribution in [0.3, 0.4) is 0 Å². The van der Waals surface area contributed by atoms with E-state index in [4.69, 9.17) is 4.74 Å². The van der Waals surface area contributed by atoms with Crippen molar-refractivity contribution in [2.45, 2.75) is 46.2 Å². The van der Waals surface area contributed by atoms with Gasteiger partial charge in [-0.3, -0.25) is 9.59 Å². The third kappa shape index (κ3) is 8.33. The molecular formula is C32H42N4O5S. The molecule has 0 saturated carbocycles. The molecule has 3 rings (SSSR count). The van der Waals surface area contributed by atoms with Gasteiger partial charge in [-0.25, -0.2) is 4.31 Å². The van der Waals surface area contributed by atoms with Gasteiger partial charge in [0.2, 0.25) is 11.8 Å². The Morgan fingerprint density at radius 2 is 1.62 bits per heavy atom. The van der Waals surface area contributed by atoms with E-state index in [9.17, 15) is 18.0 Å². The van der Waals surface area contributed by atoms with Gasteiger partial charge in [0.25, 0.3) is 0 Å². The molecule has 0 aliphatic rings. The second kappa shape index (κ2) is 14.8. The van der Waals surface area contributed by atoms with Crippen molar-refractivity contribution in [1.29, 1.82) is 0 Å². The summed E-state index contributed by atoms with van der Waals surface area (Å²) in [5, 5.41) is 2.95. The highest BCUT2D eigenvalue weighted by Gasteiger charge is 2.35. The van der Waals surface area contributed by atoms with Crippen molar-refractivity contribution in [2.24, 2.45) is 0 Å². The van der Waals surface area contributed by atoms with Crippen molar-refractivity contribution in [3.63, 3.8) is 0 Å². The minimum atomic E-state index is -4.06. The Labute approximate surface area is 250 Å². The highest BCUT2D eigenvalue weighted by atomic mass is 32.2. The number of rotatable bonds is 14. The standard InChI is InChI=1S/C32H42N4O5S/c1-7-18-33-32(38)30(21-26-12-9-8-10-13-26)35(22-27-14-11-15-28(20-27)41-6)31(37)23-36(42(39,40)34(4)5)29-19-24(2)16-17-25(29)3/h8-17,19-20,30H,7,18,21-23H2,1-6H3,(H,33,38)/t30-/m1/s1. The predicted octanol–water partition coefficient (Wildman–Crippen LogP) is 4.09. The summed E-state index contributed by atoms with van der Waals surface area (Å²) >= 11 is 0. The summed E-state index contributed by atoms with van der Waals surface area (Å²) in [4.78, 5) is 29.5. The lowest BCUT2D eigenvalue weighted by Crippen LogP contribution is -2.54. The first-order valence-electron chi connectivity index (χ1n) is 14.0. The van der Waals surface area contributed by atoms with Gasteiger partial charge in [-0.1, -0.05) is 61.5 Å². The molecule has 10 heteroatoms. The minimum absolute atomic E-state index is 0.0791. The maximum atomic E-state index is 14.4. The maximum absolute atomic E-state index is 14.4. The average molecular weight is 595 g/mol. The molecule has 0 radical (unpaired) electrons. The van der Waals surface area contributed by atoms with E-state index in [1.807, 2.05) is 81.4 Å². The van der Waals surface area contributed by atoms with Crippen LogP contribution in [0.1, 0.15) is 35.6 Å². The van der Waals surface area contributed by atoms with Crippen LogP contribution in [0.25, 0.3) is 0 Å². The Bertz CT molecular complexity index is 1460. The summed E-state index contributed by atoms with van der Waals surface area (Å²) in [6.45, 7) is 5.68. The highest BCUT2D eigenvalue weighted by molar-refractivity contribution is 7.90. The predicted molar refractivity (Wildman–Crippen MR) is 167 cm³/mol. The van der Waals surface area contributed by atoms with Gasteiger partial charge in [0, 0.05) is 33.6 Å². The molecule has 0 spiro atoms. The molecule has 0 bridgehead atoms. The Kier molecular flexibility index (Phi) is 11.5. The van der Waals surface area contributed by atoms with Crippen LogP contribution in [0.5, 0.6) is 5.75 Å². The Morgan fingerprint density at radius 3 is 2.26 bits per heavy atom. The molecule has 0 unspecified atom stereocenters. The van der Waals surface area contributed by atoms with E-state index in [1.54, 1.807) is 19.2 Å². The fourth-order valence-corrected chi connectivity index (χ4v) is 5.69. The first-order valence-corrected chi connectivity index (χ1v) is 15.4. The topological polar surface area (TPSA) is 99.3 Å². The summed E-state index contributed by atoms with van der Waals surface area (Å²) in [6, 6.07) is 21.4. The minimum Gasteiger partial charge on any atom is -0.497 e. The number of amides is 2. The van der Waals surface area contributed by atoms with Crippen LogP contribution in [0.4, 0.5) is 5.69 Å². The van der Waals surface area contributed by atoms with E-state index < -0.39 is 28.7 Å². The molecule has 3 aromatic carbocycles. The van der Waals surface area contributed by atoms with Crippen molar-refractivity contribution < 1.29 is 22.7 Å². The quantitative estimate of drug-likeness (QED) is 0.303. The van der Waals surface area contributed by atoms with Crippen molar-refractivity contribution in [2.75, 3.05) is 38.6 Å². The highest BCUT2D eigenvalue weighted by Crippen LogP contribution is 2.26. The molecule has 42 heavy (non-hydrogen) atoms. The van der Waals surface area contributed by atoms with Gasteiger partial charge in [0.05, 0.1) is 12.8 Å². The van der Waals surface area contributed by atoms with Crippen LogP contribution in [0.2, 0.25) is 0 Å². The van der Waals surface area contributed by atoms with E-state index in [-0.39, 0.29) is 18.9 Å². The number of anilines is 1. The largest absolute Gasteiger partial charge is 0.497 e. The third-order valence-corrected chi connectivity index (χ3v) is 8.77. The average Bonchev–Trinajstić information content (AvgIpc) is 2.98. The number of ether oxygens (including phenoxy) is 1. The number of nitrogens with one attached hydrogen (secondary N) is 1.